The molecule has 6 heteroatoms. The number of ether oxygens (including phenoxy) is 3. The van der Waals surface area contributed by atoms with Crippen LogP contribution in [0.25, 0.3) is 6.08 Å². The number of carbonyl (C=O) groups is 1. The van der Waals surface area contributed by atoms with Gasteiger partial charge in [-0.3, -0.25) is 4.79 Å². The molecule has 0 spiro atoms. The van der Waals surface area contributed by atoms with E-state index in [1.807, 2.05) is 66.1 Å². The van der Waals surface area contributed by atoms with E-state index in [0.717, 1.165) is 21.9 Å². The van der Waals surface area contributed by atoms with Gasteiger partial charge in [-0.15, -0.1) is 11.3 Å². The second kappa shape index (κ2) is 7.64. The Morgan fingerprint density at radius 3 is 2.66 bits per heavy atom. The van der Waals surface area contributed by atoms with Gasteiger partial charge < -0.3 is 19.1 Å². The number of rotatable bonds is 4. The van der Waals surface area contributed by atoms with Crippen molar-refractivity contribution in [2.45, 2.75) is 6.54 Å². The van der Waals surface area contributed by atoms with Gasteiger partial charge in [0, 0.05) is 22.2 Å². The standard InChI is InChI=1S/C23H19NO4S/c25-23(17-12-16-4-1-2-6-20(16)28-15-17)24(14-19-5-3-11-29-19)18-7-8-21-22(13-18)27-10-9-26-21/h1-8,11-13H,9-10,14-15H2. The SMILES string of the molecule is O=C(C1=Cc2ccccc2OC1)N(Cc1cccs1)c1ccc2c(c1)OCCO2. The first kappa shape index (κ1) is 17.8. The fourth-order valence-corrected chi connectivity index (χ4v) is 4.14. The van der Waals surface area contributed by atoms with Crippen LogP contribution >= 0.6 is 11.3 Å². The lowest BCUT2D eigenvalue weighted by Gasteiger charge is -2.27. The number of thiophene rings is 1. The normalized spacial score (nSPS) is 14.4. The van der Waals surface area contributed by atoms with E-state index in [1.54, 1.807) is 16.2 Å². The van der Waals surface area contributed by atoms with Gasteiger partial charge in [-0.25, -0.2) is 0 Å². The van der Waals surface area contributed by atoms with E-state index < -0.39 is 0 Å². The summed E-state index contributed by atoms with van der Waals surface area (Å²) in [6.07, 6.45) is 1.92. The molecule has 0 aliphatic carbocycles. The van der Waals surface area contributed by atoms with Gasteiger partial charge in [0.1, 0.15) is 25.6 Å². The van der Waals surface area contributed by atoms with Crippen molar-refractivity contribution in [1.29, 1.82) is 0 Å². The van der Waals surface area contributed by atoms with E-state index in [4.69, 9.17) is 14.2 Å². The number of fused-ring (bicyclic) bond motifs is 2. The second-order valence-corrected chi connectivity index (χ2v) is 7.83. The molecule has 0 saturated heterocycles. The number of carbonyl (C=O) groups excluding carboxylic acids is 1. The minimum Gasteiger partial charge on any atom is -0.488 e. The Kier molecular flexibility index (Phi) is 4.69. The van der Waals surface area contributed by atoms with Crippen LogP contribution in [0, 0.1) is 0 Å². The van der Waals surface area contributed by atoms with Crippen LogP contribution in [0.2, 0.25) is 0 Å². The van der Waals surface area contributed by atoms with Crippen molar-refractivity contribution in [2.75, 3.05) is 24.7 Å². The highest BCUT2D eigenvalue weighted by molar-refractivity contribution is 7.09. The number of benzene rings is 2. The van der Waals surface area contributed by atoms with E-state index in [-0.39, 0.29) is 12.5 Å². The quantitative estimate of drug-likeness (QED) is 0.640. The summed E-state index contributed by atoms with van der Waals surface area (Å²) in [6, 6.07) is 17.4. The van der Waals surface area contributed by atoms with Crippen LogP contribution < -0.4 is 19.1 Å². The molecule has 0 N–H and O–H groups in total. The van der Waals surface area contributed by atoms with Crippen molar-refractivity contribution in [3.05, 3.63) is 76.0 Å². The first-order chi connectivity index (χ1) is 14.3. The average molecular weight is 405 g/mol. The van der Waals surface area contributed by atoms with Gasteiger partial charge in [0.2, 0.25) is 0 Å². The van der Waals surface area contributed by atoms with Crippen LogP contribution in [0.5, 0.6) is 17.2 Å². The summed E-state index contributed by atoms with van der Waals surface area (Å²) in [6.45, 7) is 1.77. The smallest absolute Gasteiger partial charge is 0.258 e. The van der Waals surface area contributed by atoms with Gasteiger partial charge in [-0.1, -0.05) is 24.3 Å². The second-order valence-electron chi connectivity index (χ2n) is 6.79. The Hall–Kier alpha value is -3.25. The molecule has 2 aliphatic heterocycles. The predicted molar refractivity (Wildman–Crippen MR) is 113 cm³/mol. The van der Waals surface area contributed by atoms with E-state index >= 15 is 0 Å². The lowest BCUT2D eigenvalue weighted by molar-refractivity contribution is -0.115. The monoisotopic (exact) mass is 405 g/mol. The average Bonchev–Trinajstić information content (AvgIpc) is 3.30. The largest absolute Gasteiger partial charge is 0.488 e. The summed E-state index contributed by atoms with van der Waals surface area (Å²) in [4.78, 5) is 16.4. The summed E-state index contributed by atoms with van der Waals surface area (Å²) in [5, 5.41) is 2.01. The van der Waals surface area contributed by atoms with Crippen LogP contribution in [0.15, 0.2) is 65.6 Å². The molecule has 0 radical (unpaired) electrons. The van der Waals surface area contributed by atoms with E-state index in [9.17, 15) is 4.79 Å². The molecule has 0 bridgehead atoms. The number of para-hydroxylation sites is 1. The first-order valence-corrected chi connectivity index (χ1v) is 10.3. The summed E-state index contributed by atoms with van der Waals surface area (Å²) in [5.41, 5.74) is 2.31. The zero-order valence-corrected chi connectivity index (χ0v) is 16.5. The molecule has 0 atom stereocenters. The van der Waals surface area contributed by atoms with Gasteiger partial charge in [-0.2, -0.15) is 0 Å². The molecule has 1 amide bonds. The van der Waals surface area contributed by atoms with Gasteiger partial charge in [-0.05, 0) is 35.7 Å². The van der Waals surface area contributed by atoms with Crippen molar-refractivity contribution in [2.24, 2.45) is 0 Å². The van der Waals surface area contributed by atoms with Crippen LogP contribution in [0.1, 0.15) is 10.4 Å². The highest BCUT2D eigenvalue weighted by atomic mass is 32.1. The van der Waals surface area contributed by atoms with E-state index in [0.29, 0.717) is 36.8 Å². The fraction of sp³-hybridized carbons (Fsp3) is 0.174. The number of nitrogens with zero attached hydrogens (tertiary/aromatic N) is 1. The lowest BCUT2D eigenvalue weighted by atomic mass is 10.1. The van der Waals surface area contributed by atoms with Crippen molar-refractivity contribution in [3.8, 4) is 17.2 Å². The molecule has 3 aromatic rings. The number of anilines is 1. The molecule has 146 valence electrons. The van der Waals surface area contributed by atoms with Crippen molar-refractivity contribution < 1.29 is 19.0 Å². The molecule has 2 aromatic carbocycles. The Morgan fingerprint density at radius 2 is 1.79 bits per heavy atom. The molecule has 0 saturated carbocycles. The summed E-state index contributed by atoms with van der Waals surface area (Å²) in [7, 11) is 0. The summed E-state index contributed by atoms with van der Waals surface area (Å²) in [5.74, 6) is 2.09. The topological polar surface area (TPSA) is 48.0 Å². The minimum absolute atomic E-state index is 0.0791. The third kappa shape index (κ3) is 3.59. The number of hydrogen-bond donors (Lipinski definition) is 0. The Morgan fingerprint density at radius 1 is 0.931 bits per heavy atom. The summed E-state index contributed by atoms with van der Waals surface area (Å²) >= 11 is 1.63. The number of amides is 1. The molecule has 5 nitrogen and oxygen atoms in total. The van der Waals surface area contributed by atoms with Crippen LogP contribution in [0.4, 0.5) is 5.69 Å². The Labute approximate surface area is 172 Å². The van der Waals surface area contributed by atoms with Gasteiger partial charge in [0.25, 0.3) is 5.91 Å². The van der Waals surface area contributed by atoms with Gasteiger partial charge >= 0.3 is 0 Å². The molecule has 2 aliphatic rings. The third-order valence-electron chi connectivity index (χ3n) is 4.88. The molecule has 0 unspecified atom stereocenters. The molecular formula is C23H19NO4S. The van der Waals surface area contributed by atoms with E-state index in [1.165, 1.54) is 0 Å². The lowest BCUT2D eigenvalue weighted by Crippen LogP contribution is -2.34. The molecule has 5 rings (SSSR count). The maximum absolute atomic E-state index is 13.5. The van der Waals surface area contributed by atoms with Crippen molar-refractivity contribution in [3.63, 3.8) is 0 Å². The van der Waals surface area contributed by atoms with Crippen LogP contribution in [0.3, 0.4) is 0 Å². The third-order valence-corrected chi connectivity index (χ3v) is 5.74. The molecule has 29 heavy (non-hydrogen) atoms. The Bertz CT molecular complexity index is 1070. The van der Waals surface area contributed by atoms with Crippen molar-refractivity contribution in [1.82, 2.24) is 0 Å². The Balaban J connectivity index is 1.51. The fourth-order valence-electron chi connectivity index (χ4n) is 3.45. The van der Waals surface area contributed by atoms with E-state index in [2.05, 4.69) is 0 Å². The van der Waals surface area contributed by atoms with Gasteiger partial charge in [0.05, 0.1) is 12.1 Å². The number of hydrogen-bond acceptors (Lipinski definition) is 5. The van der Waals surface area contributed by atoms with Crippen LogP contribution in [-0.2, 0) is 11.3 Å². The molecule has 1 aromatic heterocycles. The van der Waals surface area contributed by atoms with Crippen molar-refractivity contribution >= 4 is 29.0 Å². The minimum atomic E-state index is -0.0791. The molecular weight excluding hydrogens is 386 g/mol. The zero-order chi connectivity index (χ0) is 19.6. The summed E-state index contributed by atoms with van der Waals surface area (Å²) < 4.78 is 17.2. The van der Waals surface area contributed by atoms with Crippen LogP contribution in [-0.4, -0.2) is 25.7 Å². The first-order valence-electron chi connectivity index (χ1n) is 9.44. The maximum Gasteiger partial charge on any atom is 0.258 e. The highest BCUT2D eigenvalue weighted by Gasteiger charge is 2.25. The highest BCUT2D eigenvalue weighted by Crippen LogP contribution is 2.36. The molecule has 3 heterocycles. The zero-order valence-electron chi connectivity index (χ0n) is 15.7. The maximum atomic E-state index is 13.5. The predicted octanol–water partition coefficient (Wildman–Crippen LogP) is 4.53. The van der Waals surface area contributed by atoms with Gasteiger partial charge in [0.15, 0.2) is 11.5 Å². The molecule has 0 fully saturated rings.